The third kappa shape index (κ3) is 27.4. The Kier molecular flexibility index (Phi) is 37.8. The number of hydrogen-bond acceptors (Lipinski definition) is 5. The van der Waals surface area contributed by atoms with Crippen LogP contribution in [0.4, 0.5) is 18.9 Å². The number of pyridine rings is 1. The van der Waals surface area contributed by atoms with Crippen LogP contribution >= 0.6 is 43.1 Å². The molecule has 4 N–H and O–H groups in total. The molecule has 0 atom stereocenters. The summed E-state index contributed by atoms with van der Waals surface area (Å²) in [6.45, 7) is 11.3. The van der Waals surface area contributed by atoms with Crippen molar-refractivity contribution in [2.45, 2.75) is 54.3 Å². The van der Waals surface area contributed by atoms with Gasteiger partial charge >= 0.3 is 92.1 Å². The van der Waals surface area contributed by atoms with Gasteiger partial charge in [-0.25, -0.2) is 4.98 Å². The van der Waals surface area contributed by atoms with Gasteiger partial charge in [0.1, 0.15) is 0 Å². The molecular weight excluding hydrogens is 1520 g/mol. The van der Waals surface area contributed by atoms with E-state index in [4.69, 9.17) is 35.2 Å². The molecule has 0 spiro atoms. The number of aromatic nitrogens is 1. The number of aliphatic hydroxyl groups is 1. The van der Waals surface area contributed by atoms with Gasteiger partial charge in [0.05, 0.1) is 23.4 Å². The molecule has 105 heavy (non-hydrogen) atoms. The Hall–Kier alpha value is -7.42. The van der Waals surface area contributed by atoms with E-state index in [1.54, 1.807) is 6.92 Å². The van der Waals surface area contributed by atoms with E-state index in [1.165, 1.54) is 87.5 Å². The Balaban J connectivity index is 0.000000197. The largest absolute Gasteiger partial charge is 1.00 e. The van der Waals surface area contributed by atoms with Gasteiger partial charge in [-0.05, 0) is 167 Å². The molecule has 0 aliphatic rings. The summed E-state index contributed by atoms with van der Waals surface area (Å²) < 4.78 is 36.7. The number of anilines is 1. The maximum Gasteiger partial charge on any atom is 1.00 e. The van der Waals surface area contributed by atoms with Crippen LogP contribution in [0.15, 0.2) is 358 Å². The van der Waals surface area contributed by atoms with Crippen molar-refractivity contribution in [1.82, 2.24) is 4.98 Å². The molecule has 14 rings (SSSR count). The van der Waals surface area contributed by atoms with Crippen LogP contribution in [0, 0.1) is 34.6 Å². The molecule has 0 saturated heterocycles. The molecule has 0 radical (unpaired) electrons. The van der Waals surface area contributed by atoms with Gasteiger partial charge in [0.15, 0.2) is 5.78 Å². The first kappa shape index (κ1) is 86.5. The molecule has 0 bridgehead atoms. The number of halogens is 5. The molecule has 1 aromatic heterocycles. The summed E-state index contributed by atoms with van der Waals surface area (Å²) in [5.41, 5.74) is 14.3. The van der Waals surface area contributed by atoms with E-state index in [0.717, 1.165) is 34.0 Å². The van der Waals surface area contributed by atoms with Crippen LogP contribution in [-0.2, 0) is 27.9 Å². The maximum atomic E-state index is 12.2. The summed E-state index contributed by atoms with van der Waals surface area (Å²) in [6.07, 6.45) is -4.46. The summed E-state index contributed by atoms with van der Waals surface area (Å²) in [7, 11) is 8.37. The molecule has 0 saturated carbocycles. The fraction of sp³-hybridized carbons (Fsp3) is 0.0889. The molecule has 0 aliphatic heterocycles. The first-order valence-electron chi connectivity index (χ1n) is 33.3. The van der Waals surface area contributed by atoms with E-state index in [9.17, 15) is 18.0 Å². The molecule has 0 aliphatic carbocycles. The zero-order valence-electron chi connectivity index (χ0n) is 59.7. The zero-order valence-corrected chi connectivity index (χ0v) is 68.7. The number of carbonyl (C=O) groups is 1. The number of hydrogen-bond donors (Lipinski definition) is 2. The molecule has 0 fully saturated rings. The molecule has 5 nitrogen and oxygen atoms in total. The van der Waals surface area contributed by atoms with E-state index in [-0.39, 0.29) is 89.0 Å². The van der Waals surface area contributed by atoms with E-state index in [2.05, 4.69) is 348 Å². The van der Waals surface area contributed by atoms with Gasteiger partial charge in [0.25, 0.3) is 0 Å². The number of alkyl halides is 3. The van der Waals surface area contributed by atoms with Crippen molar-refractivity contribution >= 4 is 113 Å². The molecule has 14 aromatic rings. The van der Waals surface area contributed by atoms with Crippen molar-refractivity contribution in [2.75, 3.05) is 5.73 Å². The minimum Gasteiger partial charge on any atom is -0.870 e. The van der Waals surface area contributed by atoms with Gasteiger partial charge in [0.2, 0.25) is 0 Å². The first-order valence-corrected chi connectivity index (χ1v) is 41.8. The summed E-state index contributed by atoms with van der Waals surface area (Å²) in [6, 6.07) is 123. The fourth-order valence-electron chi connectivity index (χ4n) is 11.4. The predicted molar refractivity (Wildman–Crippen MR) is 438 cm³/mol. The quantitative estimate of drug-likeness (QED) is 0.0549. The van der Waals surface area contributed by atoms with Crippen molar-refractivity contribution in [3.8, 4) is 11.3 Å². The predicted octanol–water partition coefficient (Wildman–Crippen LogP) is 17.7. The van der Waals surface area contributed by atoms with Crippen LogP contribution in [-0.4, -0.2) is 21.3 Å². The average molecular weight is 1600 g/mol. The third-order valence-electron chi connectivity index (χ3n) is 15.9. The first-order chi connectivity index (χ1) is 50.0. The Morgan fingerprint density at radius 3 is 0.943 bits per heavy atom. The topological polar surface area (TPSA) is 106 Å². The number of aryl methyl sites for hydroxylation is 5. The van der Waals surface area contributed by atoms with Crippen LogP contribution in [0.5, 0.6) is 0 Å². The Labute approximate surface area is 679 Å². The van der Waals surface area contributed by atoms with Gasteiger partial charge in [-0.1, -0.05) is 332 Å². The van der Waals surface area contributed by atoms with E-state index in [1.807, 2.05) is 26.0 Å². The third-order valence-corrected chi connectivity index (χ3v) is 23.2. The smallest absolute Gasteiger partial charge is 0.870 e. The second-order valence-electron chi connectivity index (χ2n) is 23.8. The number of aliphatic hydroxyl groups excluding tert-OH is 1. The minimum atomic E-state index is -4.46. The fourth-order valence-corrected chi connectivity index (χ4v) is 18.3. The molecular formula is C90H83Cl2F3KN2O3P3Ru. The molecule has 13 aromatic carbocycles. The van der Waals surface area contributed by atoms with Crippen molar-refractivity contribution < 1.29 is 95.1 Å². The van der Waals surface area contributed by atoms with Crippen molar-refractivity contribution in [3.63, 3.8) is 0 Å². The van der Waals surface area contributed by atoms with Gasteiger partial charge < -0.3 is 16.3 Å². The molecule has 530 valence electrons. The van der Waals surface area contributed by atoms with Crippen molar-refractivity contribution in [1.29, 1.82) is 0 Å². The van der Waals surface area contributed by atoms with Gasteiger partial charge in [-0.2, -0.15) is 13.2 Å². The summed E-state index contributed by atoms with van der Waals surface area (Å²) in [5.74, 6) is 0.136. The number of benzene rings is 13. The summed E-state index contributed by atoms with van der Waals surface area (Å²) in [4.78, 5) is 15.7. The van der Waals surface area contributed by atoms with Gasteiger partial charge in [-0.15, -0.1) is 0 Å². The van der Waals surface area contributed by atoms with Crippen LogP contribution in [0.2, 0.25) is 0 Å². The molecule has 0 unspecified atom stereocenters. The van der Waals surface area contributed by atoms with Crippen molar-refractivity contribution in [2.24, 2.45) is 0 Å². The van der Waals surface area contributed by atoms with Crippen LogP contribution in [0.1, 0.15) is 56.2 Å². The number of nitrogens with two attached hydrogens (primary N) is 1. The van der Waals surface area contributed by atoms with E-state index in [0.29, 0.717) is 0 Å². The van der Waals surface area contributed by atoms with E-state index >= 15 is 0 Å². The Morgan fingerprint density at radius 2 is 0.686 bits per heavy atom. The molecule has 0 amide bonds. The number of ketones is 1. The number of Topliss-reactive ketones (excluding diaryl/α,β-unsaturated/α-hetero) is 1. The number of carbonyl (C=O) groups excluding carboxylic acids is 1. The zero-order chi connectivity index (χ0) is 73.4. The van der Waals surface area contributed by atoms with E-state index < -0.39 is 42.1 Å². The average Bonchev–Trinajstić information content (AvgIpc) is 0.809. The summed E-state index contributed by atoms with van der Waals surface area (Å²) >= 11 is -0.346. The Morgan fingerprint density at radius 1 is 0.410 bits per heavy atom. The van der Waals surface area contributed by atoms with Gasteiger partial charge in [0, 0.05) is 27.8 Å². The number of nitrogen functional groups attached to an aromatic ring is 1. The van der Waals surface area contributed by atoms with Crippen LogP contribution in [0.25, 0.3) is 22.2 Å². The molecule has 15 heteroatoms. The number of nitrogens with zero attached hydrogens (tertiary/aromatic N) is 1. The summed E-state index contributed by atoms with van der Waals surface area (Å²) in [5, 5.41) is 22.5. The van der Waals surface area contributed by atoms with Crippen LogP contribution in [0.3, 0.4) is 0 Å². The monoisotopic (exact) mass is 1600 g/mol. The maximum absolute atomic E-state index is 12.2. The number of rotatable bonds is 12. The second kappa shape index (κ2) is 45.9. The Bertz CT molecular complexity index is 4220. The van der Waals surface area contributed by atoms with Gasteiger partial charge in [-0.3, -0.25) is 4.79 Å². The molecule has 1 heterocycles. The van der Waals surface area contributed by atoms with Crippen molar-refractivity contribution in [3.05, 3.63) is 402 Å². The minimum absolute atomic E-state index is 0. The standard InChI is InChI=1S/C18H17N.3C18H15P.C10H12O.C8H8F3NO.2ClH.K.H2O.Ru/c1-12-9-13(2)11-15(10-12)17-8-7-16-14(3)5-4-6-18(16)19-17;3*1-4-10-16(11-5-1)19(17-12-6-2-7-13-17)18-14-8-3-9-15-18;1-7-4-8(2)6-10(5-7)9(3)11;9-8(10,11)6-2-1-3-7(12)5(6)4-13;;;;;/h4-11H,1-3H3;3*1-15H;4-6H,1-3H3;1-3,13H,4,12H2;2*1H;;1H2;/q;;;;;;;;+1;;+2/p-3. The SMILES string of the molecule is CC(=O)c1cc(C)cc(C)c1.Cc1cc(C)cc(-c2ccc3c(C)cccc3n2)c1.Nc1cccc(C(F)(F)F)c1CO.[Cl][Ru][Cl].[K+].[OH-].c1ccc(P(c2ccccc2)c2ccccc2)cc1.c1ccc(P(c2ccccc2)c2ccccc2)cc1.c1ccc(P(c2ccccc2)c2ccccc2)cc1. The number of fused-ring (bicyclic) bond motifs is 1. The second-order valence-corrected chi connectivity index (χ2v) is 33.1. The normalized spacial score (nSPS) is 10.4. The van der Waals surface area contributed by atoms with Crippen LogP contribution < -0.4 is 105 Å².